The first-order valence-corrected chi connectivity index (χ1v) is 9.80. The molecule has 28 heavy (non-hydrogen) atoms. The molecule has 3 nitrogen and oxygen atoms in total. The first kappa shape index (κ1) is 17.1. The lowest BCUT2D eigenvalue weighted by Gasteiger charge is -2.39. The second-order valence-electron chi connectivity index (χ2n) is 7.99. The van der Waals surface area contributed by atoms with Crippen molar-refractivity contribution in [1.29, 1.82) is 0 Å². The van der Waals surface area contributed by atoms with Crippen molar-refractivity contribution in [2.75, 3.05) is 18.5 Å². The van der Waals surface area contributed by atoms with Crippen LogP contribution in [0.4, 0.5) is 22.7 Å². The molecule has 0 aromatic heterocycles. The van der Waals surface area contributed by atoms with Crippen molar-refractivity contribution >= 4 is 22.7 Å². The van der Waals surface area contributed by atoms with E-state index in [0.29, 0.717) is 4.48 Å². The van der Waals surface area contributed by atoms with E-state index in [2.05, 4.69) is 99.5 Å². The highest BCUT2D eigenvalue weighted by Crippen LogP contribution is 2.57. The lowest BCUT2D eigenvalue weighted by Crippen LogP contribution is -2.42. The van der Waals surface area contributed by atoms with Crippen molar-refractivity contribution in [1.82, 2.24) is 4.48 Å². The van der Waals surface area contributed by atoms with Gasteiger partial charge in [-0.2, -0.15) is 0 Å². The third-order valence-corrected chi connectivity index (χ3v) is 6.09. The molecule has 2 aliphatic heterocycles. The van der Waals surface area contributed by atoms with E-state index in [1.807, 2.05) is 0 Å². The maximum atomic E-state index is 6.41. The Hall–Kier alpha value is -3.04. The number of para-hydroxylation sites is 3. The van der Waals surface area contributed by atoms with Gasteiger partial charge in [-0.3, -0.25) is 0 Å². The Kier molecular flexibility index (Phi) is 3.65. The van der Waals surface area contributed by atoms with Gasteiger partial charge in [0, 0.05) is 16.9 Å². The molecule has 0 fully saturated rings. The van der Waals surface area contributed by atoms with E-state index in [1.54, 1.807) is 0 Å². The summed E-state index contributed by atoms with van der Waals surface area (Å²) in [7, 11) is 2.31. The summed E-state index contributed by atoms with van der Waals surface area (Å²) in [6.45, 7) is 7.45. The fourth-order valence-corrected chi connectivity index (χ4v) is 4.76. The van der Waals surface area contributed by atoms with Gasteiger partial charge in [0.15, 0.2) is 17.2 Å². The predicted molar refractivity (Wildman–Crippen MR) is 117 cm³/mol. The molecule has 0 spiro atoms. The fourth-order valence-electron chi connectivity index (χ4n) is 4.76. The van der Waals surface area contributed by atoms with E-state index in [4.69, 9.17) is 4.74 Å². The molecule has 0 aliphatic carbocycles. The Labute approximate surface area is 166 Å². The largest absolute Gasteiger partial charge is 0.445 e. The first-order chi connectivity index (χ1) is 13.5. The number of rotatable bonds is 1. The Bertz CT molecular complexity index is 1130. The number of fused-ring (bicyclic) bond motifs is 2. The minimum atomic E-state index is 0.716. The van der Waals surface area contributed by atoms with Gasteiger partial charge in [-0.25, -0.2) is 4.48 Å². The van der Waals surface area contributed by atoms with Gasteiger partial charge < -0.3 is 9.64 Å². The number of nitrogens with zero attached hydrogens (tertiary/aromatic N) is 2. The van der Waals surface area contributed by atoms with Crippen LogP contribution in [-0.4, -0.2) is 13.6 Å². The summed E-state index contributed by atoms with van der Waals surface area (Å²) in [6, 6.07) is 21.3. The Morgan fingerprint density at radius 1 is 0.750 bits per heavy atom. The molecule has 0 amide bonds. The van der Waals surface area contributed by atoms with Gasteiger partial charge in [0.05, 0.1) is 7.05 Å². The molecule has 3 aromatic carbocycles. The summed E-state index contributed by atoms with van der Waals surface area (Å²) in [5.74, 6) is 1.90. The highest BCUT2D eigenvalue weighted by Gasteiger charge is 2.44. The Balaban J connectivity index is 1.84. The van der Waals surface area contributed by atoms with Crippen molar-refractivity contribution in [2.24, 2.45) is 0 Å². The van der Waals surface area contributed by atoms with Crippen LogP contribution in [0.25, 0.3) is 0 Å². The maximum absolute atomic E-state index is 6.41. The van der Waals surface area contributed by atoms with Crippen LogP contribution >= 0.6 is 0 Å². The average molecular weight is 369 g/mol. The molecular formula is C25H25N2O+. The average Bonchev–Trinajstić information content (AvgIpc) is 2.79. The zero-order valence-corrected chi connectivity index (χ0v) is 16.9. The van der Waals surface area contributed by atoms with Crippen molar-refractivity contribution in [3.63, 3.8) is 0 Å². The van der Waals surface area contributed by atoms with E-state index in [9.17, 15) is 0 Å². The molecule has 0 radical (unpaired) electrons. The quantitative estimate of drug-likeness (QED) is 0.441. The van der Waals surface area contributed by atoms with E-state index in [0.717, 1.165) is 18.0 Å². The molecule has 140 valence electrons. The molecular weight excluding hydrogens is 344 g/mol. The molecule has 3 heteroatoms. The monoisotopic (exact) mass is 369 g/mol. The van der Waals surface area contributed by atoms with E-state index < -0.39 is 0 Å². The maximum Gasteiger partial charge on any atom is 0.205 e. The number of allylic oxidation sites excluding steroid dienone is 1. The van der Waals surface area contributed by atoms with Crippen LogP contribution in [0.15, 0.2) is 72.4 Å². The molecule has 1 atom stereocenters. The summed E-state index contributed by atoms with van der Waals surface area (Å²) in [5.41, 5.74) is 8.64. The second-order valence-corrected chi connectivity index (χ2v) is 7.99. The second kappa shape index (κ2) is 5.98. The van der Waals surface area contributed by atoms with E-state index in [1.165, 1.54) is 39.6 Å². The van der Waals surface area contributed by atoms with Gasteiger partial charge in [-0.15, -0.1) is 0 Å². The van der Waals surface area contributed by atoms with Gasteiger partial charge in [-0.1, -0.05) is 36.4 Å². The minimum absolute atomic E-state index is 0.716. The zero-order valence-electron chi connectivity index (χ0n) is 16.9. The third-order valence-electron chi connectivity index (χ3n) is 6.09. The third kappa shape index (κ3) is 2.26. The van der Waals surface area contributed by atoms with E-state index in [-0.39, 0.29) is 0 Å². The van der Waals surface area contributed by atoms with Gasteiger partial charge in [0.1, 0.15) is 12.2 Å². The van der Waals surface area contributed by atoms with Crippen molar-refractivity contribution in [3.8, 4) is 11.5 Å². The van der Waals surface area contributed by atoms with Gasteiger partial charge >= 0.3 is 0 Å². The van der Waals surface area contributed by atoms with Gasteiger partial charge in [0.25, 0.3) is 0 Å². The molecule has 2 heterocycles. The molecule has 0 saturated carbocycles. The summed E-state index contributed by atoms with van der Waals surface area (Å²) in [5, 5.41) is 0. The number of hydrogen-bond acceptors (Lipinski definition) is 2. The Morgan fingerprint density at radius 2 is 1.39 bits per heavy atom. The van der Waals surface area contributed by atoms with Gasteiger partial charge in [0.2, 0.25) is 5.69 Å². The fraction of sp³-hybridized carbons (Fsp3) is 0.200. The number of ether oxygens (including phenoxy) is 1. The van der Waals surface area contributed by atoms with Crippen molar-refractivity contribution in [3.05, 3.63) is 83.6 Å². The predicted octanol–water partition coefficient (Wildman–Crippen LogP) is 6.73. The van der Waals surface area contributed by atoms with Crippen molar-refractivity contribution in [2.45, 2.75) is 20.8 Å². The van der Waals surface area contributed by atoms with Crippen LogP contribution in [0.3, 0.4) is 0 Å². The summed E-state index contributed by atoms with van der Waals surface area (Å²) in [4.78, 5) is 2.38. The topological polar surface area (TPSA) is 12.5 Å². The molecule has 5 rings (SSSR count). The number of benzene rings is 3. The highest BCUT2D eigenvalue weighted by atomic mass is 16.5. The number of hydrogen-bond donors (Lipinski definition) is 0. The molecule has 0 saturated heterocycles. The van der Waals surface area contributed by atoms with Crippen LogP contribution in [-0.2, 0) is 0 Å². The molecule has 3 aromatic rings. The number of likely N-dealkylation sites (N-methyl/N-ethyl adjacent to an activating group) is 1. The van der Waals surface area contributed by atoms with Crippen LogP contribution in [0.2, 0.25) is 0 Å². The lowest BCUT2D eigenvalue weighted by atomic mass is 10.0. The first-order valence-electron chi connectivity index (χ1n) is 9.80. The Morgan fingerprint density at radius 3 is 2.18 bits per heavy atom. The number of aryl methyl sites for hydroxylation is 2. The lowest BCUT2D eigenvalue weighted by molar-refractivity contribution is 0.394. The molecule has 0 bridgehead atoms. The number of quaternary nitrogens is 1. The smallest absolute Gasteiger partial charge is 0.205 e. The molecule has 1 unspecified atom stereocenters. The summed E-state index contributed by atoms with van der Waals surface area (Å²) < 4.78 is 7.13. The number of anilines is 2. The summed E-state index contributed by atoms with van der Waals surface area (Å²) >= 11 is 0. The van der Waals surface area contributed by atoms with Crippen LogP contribution < -0.4 is 14.1 Å². The highest BCUT2D eigenvalue weighted by molar-refractivity contribution is 5.90. The SMILES string of the molecule is CC1=CC[N+]2(C)c3c(C)cccc3Oc3cccc(c32)N1c1ccccc1C. The van der Waals surface area contributed by atoms with Crippen LogP contribution in [0.5, 0.6) is 11.5 Å². The standard InChI is InChI=1S/C25H25N2O/c1-17-9-5-6-11-20(17)26-19(3)15-16-27(4)24-18(2)10-7-13-22(24)28-23-14-8-12-21(26)25(23)27/h5-15H,16H2,1-4H3/q+1. The molecule has 2 aliphatic rings. The van der Waals surface area contributed by atoms with Crippen LogP contribution in [0.1, 0.15) is 18.1 Å². The molecule has 0 N–H and O–H groups in total. The van der Waals surface area contributed by atoms with E-state index >= 15 is 0 Å². The normalized spacial score (nSPS) is 19.9. The zero-order chi connectivity index (χ0) is 19.5. The van der Waals surface area contributed by atoms with Gasteiger partial charge in [-0.05, 0) is 56.7 Å². The van der Waals surface area contributed by atoms with Crippen molar-refractivity contribution < 1.29 is 4.74 Å². The minimum Gasteiger partial charge on any atom is -0.445 e. The van der Waals surface area contributed by atoms with Crippen LogP contribution in [0, 0.1) is 13.8 Å². The summed E-state index contributed by atoms with van der Waals surface area (Å²) in [6.07, 6.45) is 2.36.